The van der Waals surface area contributed by atoms with Gasteiger partial charge in [-0.05, 0) is 23.8 Å². The first-order valence-corrected chi connectivity index (χ1v) is 7.65. The SMILES string of the molecule is O=C(Nc1ncc(Cc2ccc(F)c(F)c2F)s1)c1ccccn1. The van der Waals surface area contributed by atoms with Crippen molar-refractivity contribution in [3.63, 3.8) is 0 Å². The molecule has 1 amide bonds. The summed E-state index contributed by atoms with van der Waals surface area (Å²) in [5.41, 5.74) is 0.251. The molecule has 1 aromatic carbocycles. The molecule has 0 bridgehead atoms. The maximum absolute atomic E-state index is 13.7. The van der Waals surface area contributed by atoms with E-state index >= 15 is 0 Å². The van der Waals surface area contributed by atoms with E-state index in [0.29, 0.717) is 10.0 Å². The fourth-order valence-electron chi connectivity index (χ4n) is 2.00. The van der Waals surface area contributed by atoms with E-state index in [-0.39, 0.29) is 17.7 Å². The molecule has 0 aliphatic heterocycles. The minimum atomic E-state index is -1.50. The van der Waals surface area contributed by atoms with Crippen LogP contribution in [0.2, 0.25) is 0 Å². The lowest BCUT2D eigenvalue weighted by Crippen LogP contribution is -2.12. The van der Waals surface area contributed by atoms with Gasteiger partial charge in [-0.15, -0.1) is 11.3 Å². The first kappa shape index (κ1) is 16.1. The molecular formula is C16H10F3N3OS. The highest BCUT2D eigenvalue weighted by Gasteiger charge is 2.15. The third-order valence-electron chi connectivity index (χ3n) is 3.15. The van der Waals surface area contributed by atoms with Crippen molar-refractivity contribution in [3.05, 3.63) is 76.3 Å². The van der Waals surface area contributed by atoms with Crippen molar-refractivity contribution in [1.29, 1.82) is 0 Å². The number of aromatic nitrogens is 2. The van der Waals surface area contributed by atoms with Crippen LogP contribution in [0.25, 0.3) is 0 Å². The van der Waals surface area contributed by atoms with E-state index in [1.165, 1.54) is 18.5 Å². The van der Waals surface area contributed by atoms with E-state index in [1.807, 2.05) is 0 Å². The number of nitrogens with zero attached hydrogens (tertiary/aromatic N) is 2. The molecule has 122 valence electrons. The van der Waals surface area contributed by atoms with E-state index in [0.717, 1.165) is 17.4 Å². The van der Waals surface area contributed by atoms with Gasteiger partial charge in [-0.3, -0.25) is 15.1 Å². The Morgan fingerprint density at radius 3 is 2.67 bits per heavy atom. The van der Waals surface area contributed by atoms with Crippen molar-refractivity contribution in [2.24, 2.45) is 0 Å². The maximum atomic E-state index is 13.7. The lowest BCUT2D eigenvalue weighted by molar-refractivity contribution is 0.102. The first-order chi connectivity index (χ1) is 11.5. The second kappa shape index (κ2) is 6.79. The summed E-state index contributed by atoms with van der Waals surface area (Å²) in [6.07, 6.45) is 2.98. The van der Waals surface area contributed by atoms with Crippen LogP contribution in [0.1, 0.15) is 20.9 Å². The molecule has 1 N–H and O–H groups in total. The number of rotatable bonds is 4. The Labute approximate surface area is 139 Å². The maximum Gasteiger partial charge on any atom is 0.276 e. The third-order valence-corrected chi connectivity index (χ3v) is 4.06. The van der Waals surface area contributed by atoms with Gasteiger partial charge in [0.15, 0.2) is 22.6 Å². The second-order valence-corrected chi connectivity index (χ2v) is 5.93. The van der Waals surface area contributed by atoms with Crippen LogP contribution in [-0.2, 0) is 6.42 Å². The Bertz CT molecular complexity index is 884. The van der Waals surface area contributed by atoms with Crippen LogP contribution < -0.4 is 5.32 Å². The molecule has 2 aromatic heterocycles. The number of thiazole rings is 1. The number of benzene rings is 1. The number of amides is 1. The molecule has 2 heterocycles. The van der Waals surface area contributed by atoms with Crippen molar-refractivity contribution in [3.8, 4) is 0 Å². The number of hydrogen-bond acceptors (Lipinski definition) is 4. The molecule has 0 aliphatic carbocycles. The zero-order chi connectivity index (χ0) is 17.1. The van der Waals surface area contributed by atoms with Crippen molar-refractivity contribution in [1.82, 2.24) is 9.97 Å². The lowest BCUT2D eigenvalue weighted by atomic mass is 10.1. The lowest BCUT2D eigenvalue weighted by Gasteiger charge is -2.02. The minimum absolute atomic E-state index is 0.0140. The van der Waals surface area contributed by atoms with Crippen molar-refractivity contribution in [2.75, 3.05) is 5.32 Å². The number of nitrogens with one attached hydrogen (secondary N) is 1. The van der Waals surface area contributed by atoms with E-state index < -0.39 is 23.4 Å². The van der Waals surface area contributed by atoms with Crippen molar-refractivity contribution in [2.45, 2.75) is 6.42 Å². The van der Waals surface area contributed by atoms with Gasteiger partial charge in [0.1, 0.15) is 5.69 Å². The van der Waals surface area contributed by atoms with Crippen molar-refractivity contribution >= 4 is 22.4 Å². The zero-order valence-corrected chi connectivity index (χ0v) is 12.9. The Balaban J connectivity index is 1.72. The normalized spacial score (nSPS) is 10.6. The van der Waals surface area contributed by atoms with Crippen LogP contribution in [0.15, 0.2) is 42.7 Å². The molecule has 8 heteroatoms. The van der Waals surface area contributed by atoms with Gasteiger partial charge in [-0.2, -0.15) is 0 Å². The van der Waals surface area contributed by atoms with E-state index in [1.54, 1.807) is 18.2 Å². The quantitative estimate of drug-likeness (QED) is 0.729. The zero-order valence-electron chi connectivity index (χ0n) is 12.1. The molecule has 0 atom stereocenters. The predicted molar refractivity (Wildman–Crippen MR) is 83.4 cm³/mol. The largest absolute Gasteiger partial charge is 0.296 e. The summed E-state index contributed by atoms with van der Waals surface area (Å²) >= 11 is 1.12. The fraction of sp³-hybridized carbons (Fsp3) is 0.0625. The summed E-state index contributed by atoms with van der Waals surface area (Å²) in [5, 5.41) is 2.89. The summed E-state index contributed by atoms with van der Waals surface area (Å²) in [4.78, 5) is 20.5. The van der Waals surface area contributed by atoms with E-state index in [2.05, 4.69) is 15.3 Å². The molecule has 3 aromatic rings. The molecule has 4 nitrogen and oxygen atoms in total. The highest BCUT2D eigenvalue weighted by molar-refractivity contribution is 7.15. The van der Waals surface area contributed by atoms with Gasteiger partial charge in [0.2, 0.25) is 0 Å². The Morgan fingerprint density at radius 1 is 1.08 bits per heavy atom. The van der Waals surface area contributed by atoms with Crippen molar-refractivity contribution < 1.29 is 18.0 Å². The monoisotopic (exact) mass is 349 g/mol. The fourth-order valence-corrected chi connectivity index (χ4v) is 2.83. The van der Waals surface area contributed by atoms with Crippen LogP contribution in [-0.4, -0.2) is 15.9 Å². The number of hydrogen-bond donors (Lipinski definition) is 1. The van der Waals surface area contributed by atoms with Gasteiger partial charge in [0.25, 0.3) is 5.91 Å². The van der Waals surface area contributed by atoms with Crippen LogP contribution in [0.3, 0.4) is 0 Å². The van der Waals surface area contributed by atoms with E-state index in [4.69, 9.17) is 0 Å². The van der Waals surface area contributed by atoms with Gasteiger partial charge in [0, 0.05) is 23.7 Å². The molecule has 0 radical (unpaired) electrons. The second-order valence-electron chi connectivity index (χ2n) is 4.81. The number of anilines is 1. The standard InChI is InChI=1S/C16H10F3N3OS/c17-11-5-4-9(13(18)14(11)19)7-10-8-21-16(24-10)22-15(23)12-3-1-2-6-20-12/h1-6,8H,7H2,(H,21,22,23). The van der Waals surface area contributed by atoms with Crippen LogP contribution in [0.5, 0.6) is 0 Å². The topological polar surface area (TPSA) is 54.9 Å². The molecule has 0 saturated carbocycles. The number of carbonyl (C=O) groups excluding carboxylic acids is 1. The highest BCUT2D eigenvalue weighted by atomic mass is 32.1. The van der Waals surface area contributed by atoms with Gasteiger partial charge >= 0.3 is 0 Å². The molecule has 3 rings (SSSR count). The smallest absolute Gasteiger partial charge is 0.276 e. The number of halogens is 3. The van der Waals surface area contributed by atoms with Crippen LogP contribution in [0.4, 0.5) is 18.3 Å². The Morgan fingerprint density at radius 2 is 1.92 bits per heavy atom. The van der Waals surface area contributed by atoms with Gasteiger partial charge < -0.3 is 0 Å². The first-order valence-electron chi connectivity index (χ1n) is 6.84. The van der Waals surface area contributed by atoms with Gasteiger partial charge in [-0.25, -0.2) is 18.2 Å². The van der Waals surface area contributed by atoms with Gasteiger partial charge in [0.05, 0.1) is 0 Å². The van der Waals surface area contributed by atoms with Crippen LogP contribution in [0, 0.1) is 17.5 Å². The van der Waals surface area contributed by atoms with Crippen LogP contribution >= 0.6 is 11.3 Å². The Hall–Kier alpha value is -2.74. The van der Waals surface area contributed by atoms with Gasteiger partial charge in [-0.1, -0.05) is 12.1 Å². The summed E-state index contributed by atoms with van der Waals surface area (Å²) in [5.74, 6) is -4.37. The molecule has 0 aliphatic rings. The average Bonchev–Trinajstić information content (AvgIpc) is 3.03. The molecule has 24 heavy (non-hydrogen) atoms. The highest BCUT2D eigenvalue weighted by Crippen LogP contribution is 2.24. The summed E-state index contributed by atoms with van der Waals surface area (Å²) < 4.78 is 39.8. The Kier molecular flexibility index (Phi) is 4.57. The number of pyridine rings is 1. The molecule has 0 unspecified atom stereocenters. The van der Waals surface area contributed by atoms with E-state index in [9.17, 15) is 18.0 Å². The molecule has 0 saturated heterocycles. The molecule has 0 fully saturated rings. The average molecular weight is 349 g/mol. The minimum Gasteiger partial charge on any atom is -0.296 e. The third kappa shape index (κ3) is 3.43. The molecular weight excluding hydrogens is 339 g/mol. The molecule has 0 spiro atoms. The summed E-state index contributed by atoms with van der Waals surface area (Å²) in [6, 6.07) is 6.98. The summed E-state index contributed by atoms with van der Waals surface area (Å²) in [6.45, 7) is 0. The number of carbonyl (C=O) groups is 1. The predicted octanol–water partition coefficient (Wildman–Crippen LogP) is 3.80. The summed E-state index contributed by atoms with van der Waals surface area (Å²) in [7, 11) is 0.